The quantitative estimate of drug-likeness (QED) is 0.881. The fraction of sp³-hybridized carbons (Fsp3) is 0.667. The van der Waals surface area contributed by atoms with Crippen LogP contribution in [0.25, 0.3) is 0 Å². The number of amides is 1. The molecule has 0 spiro atoms. The van der Waals surface area contributed by atoms with Crippen molar-refractivity contribution >= 4 is 5.91 Å². The molecule has 2 heterocycles. The van der Waals surface area contributed by atoms with Crippen molar-refractivity contribution < 1.29 is 9.21 Å². The Labute approximate surface area is 114 Å². The summed E-state index contributed by atoms with van der Waals surface area (Å²) in [6.45, 7) is 9.86. The van der Waals surface area contributed by atoms with E-state index in [0.717, 1.165) is 24.4 Å². The highest BCUT2D eigenvalue weighted by Gasteiger charge is 2.24. The molecule has 1 aliphatic rings. The van der Waals surface area contributed by atoms with E-state index in [-0.39, 0.29) is 11.9 Å². The Balaban J connectivity index is 2.04. The van der Waals surface area contributed by atoms with Gasteiger partial charge in [-0.3, -0.25) is 4.79 Å². The van der Waals surface area contributed by atoms with Gasteiger partial charge in [0.2, 0.25) is 0 Å². The minimum Gasteiger partial charge on any atom is -0.466 e. The van der Waals surface area contributed by atoms with E-state index in [0.29, 0.717) is 17.2 Å². The minimum absolute atomic E-state index is 0.00933. The second-order valence-corrected chi connectivity index (χ2v) is 5.58. The van der Waals surface area contributed by atoms with E-state index >= 15 is 0 Å². The Bertz CT molecular complexity index is 459. The first-order valence-electron chi connectivity index (χ1n) is 7.09. The molecule has 106 valence electrons. The molecular formula is C15H24N2O2. The van der Waals surface area contributed by atoms with Gasteiger partial charge in [-0.05, 0) is 59.5 Å². The summed E-state index contributed by atoms with van der Waals surface area (Å²) in [7, 11) is 0. The van der Waals surface area contributed by atoms with Crippen LogP contribution in [-0.2, 0) is 0 Å². The number of carbonyl (C=O) groups excluding carboxylic acids is 1. The number of nitrogens with one attached hydrogen (secondary N) is 2. The predicted octanol–water partition coefficient (Wildman–Crippen LogP) is 2.32. The molecule has 1 amide bonds. The Morgan fingerprint density at radius 2 is 2.11 bits per heavy atom. The normalized spacial score (nSPS) is 21.2. The molecule has 1 aromatic rings. The Kier molecular flexibility index (Phi) is 4.30. The number of rotatable bonds is 3. The van der Waals surface area contributed by atoms with Crippen molar-refractivity contribution in [3.05, 3.63) is 22.6 Å². The third-order valence-corrected chi connectivity index (χ3v) is 4.19. The van der Waals surface area contributed by atoms with E-state index in [2.05, 4.69) is 17.6 Å². The van der Waals surface area contributed by atoms with E-state index in [1.807, 2.05) is 20.8 Å². The number of carbonyl (C=O) groups is 1. The molecule has 0 aliphatic carbocycles. The van der Waals surface area contributed by atoms with Crippen LogP contribution in [0.3, 0.4) is 0 Å². The molecule has 2 unspecified atom stereocenters. The summed E-state index contributed by atoms with van der Waals surface area (Å²) < 4.78 is 5.52. The first-order valence-corrected chi connectivity index (χ1v) is 7.09. The maximum absolute atomic E-state index is 12.4. The Morgan fingerprint density at radius 1 is 1.37 bits per heavy atom. The Hall–Kier alpha value is -1.29. The lowest BCUT2D eigenvalue weighted by molar-refractivity contribution is 0.0920. The highest BCUT2D eigenvalue weighted by atomic mass is 16.3. The van der Waals surface area contributed by atoms with Gasteiger partial charge in [0.05, 0.1) is 5.56 Å². The summed E-state index contributed by atoms with van der Waals surface area (Å²) in [4.78, 5) is 12.4. The van der Waals surface area contributed by atoms with Crippen LogP contribution in [0.5, 0.6) is 0 Å². The minimum atomic E-state index is -0.00933. The van der Waals surface area contributed by atoms with Gasteiger partial charge >= 0.3 is 0 Å². The molecule has 0 bridgehead atoms. The van der Waals surface area contributed by atoms with Gasteiger partial charge in [-0.1, -0.05) is 0 Å². The Morgan fingerprint density at radius 3 is 2.63 bits per heavy atom. The first kappa shape index (κ1) is 14.1. The van der Waals surface area contributed by atoms with Crippen LogP contribution in [0.15, 0.2) is 4.42 Å². The average molecular weight is 264 g/mol. The van der Waals surface area contributed by atoms with Crippen LogP contribution < -0.4 is 10.6 Å². The maximum atomic E-state index is 12.4. The molecule has 0 saturated carbocycles. The standard InChI is InChI=1S/C15H24N2O2/c1-9-11(3)19-12(4)14(9)15(18)17-10(2)13-6-5-7-16-8-13/h10,13,16H,5-8H2,1-4H3,(H,17,18). The van der Waals surface area contributed by atoms with Crippen LogP contribution in [0.1, 0.15) is 47.2 Å². The first-order chi connectivity index (χ1) is 9.00. The van der Waals surface area contributed by atoms with Crippen molar-refractivity contribution in [3.63, 3.8) is 0 Å². The van der Waals surface area contributed by atoms with E-state index in [1.54, 1.807) is 0 Å². The van der Waals surface area contributed by atoms with Gasteiger partial charge in [0.15, 0.2) is 0 Å². The van der Waals surface area contributed by atoms with Crippen molar-refractivity contribution in [2.45, 2.75) is 46.6 Å². The van der Waals surface area contributed by atoms with E-state index in [9.17, 15) is 4.79 Å². The van der Waals surface area contributed by atoms with Crippen molar-refractivity contribution in [2.75, 3.05) is 13.1 Å². The number of piperidine rings is 1. The maximum Gasteiger partial charge on any atom is 0.255 e. The van der Waals surface area contributed by atoms with E-state index in [4.69, 9.17) is 4.42 Å². The van der Waals surface area contributed by atoms with Gasteiger partial charge in [0.25, 0.3) is 5.91 Å². The lowest BCUT2D eigenvalue weighted by Gasteiger charge is -2.28. The molecular weight excluding hydrogens is 240 g/mol. The fourth-order valence-corrected chi connectivity index (χ4v) is 2.83. The lowest BCUT2D eigenvalue weighted by atomic mass is 9.92. The molecule has 1 fully saturated rings. The van der Waals surface area contributed by atoms with Gasteiger partial charge in [0, 0.05) is 11.6 Å². The summed E-state index contributed by atoms with van der Waals surface area (Å²) in [6.07, 6.45) is 2.37. The molecule has 4 heteroatoms. The predicted molar refractivity (Wildman–Crippen MR) is 75.4 cm³/mol. The van der Waals surface area contributed by atoms with Crippen molar-refractivity contribution in [3.8, 4) is 0 Å². The van der Waals surface area contributed by atoms with Crippen molar-refractivity contribution in [2.24, 2.45) is 5.92 Å². The molecule has 19 heavy (non-hydrogen) atoms. The van der Waals surface area contributed by atoms with Gasteiger partial charge < -0.3 is 15.1 Å². The zero-order chi connectivity index (χ0) is 14.0. The third-order valence-electron chi connectivity index (χ3n) is 4.19. The summed E-state index contributed by atoms with van der Waals surface area (Å²) in [5.74, 6) is 2.05. The zero-order valence-corrected chi connectivity index (χ0v) is 12.3. The van der Waals surface area contributed by atoms with Crippen LogP contribution in [0, 0.1) is 26.7 Å². The largest absolute Gasteiger partial charge is 0.466 e. The summed E-state index contributed by atoms with van der Waals surface area (Å²) in [5.41, 5.74) is 1.65. The molecule has 1 saturated heterocycles. The molecule has 1 aromatic heterocycles. The smallest absolute Gasteiger partial charge is 0.255 e. The van der Waals surface area contributed by atoms with Crippen LogP contribution >= 0.6 is 0 Å². The summed E-state index contributed by atoms with van der Waals surface area (Å²) in [5, 5.41) is 6.51. The average Bonchev–Trinajstić information content (AvgIpc) is 2.64. The van der Waals surface area contributed by atoms with E-state index < -0.39 is 0 Å². The second kappa shape index (κ2) is 5.78. The monoisotopic (exact) mass is 264 g/mol. The van der Waals surface area contributed by atoms with Gasteiger partial charge in [0.1, 0.15) is 11.5 Å². The van der Waals surface area contributed by atoms with Crippen molar-refractivity contribution in [1.29, 1.82) is 0 Å². The highest BCUT2D eigenvalue weighted by molar-refractivity contribution is 5.97. The van der Waals surface area contributed by atoms with Crippen molar-refractivity contribution in [1.82, 2.24) is 10.6 Å². The summed E-state index contributed by atoms with van der Waals surface area (Å²) >= 11 is 0. The fourth-order valence-electron chi connectivity index (χ4n) is 2.83. The lowest BCUT2D eigenvalue weighted by Crippen LogP contribution is -2.44. The zero-order valence-electron chi connectivity index (χ0n) is 12.3. The second-order valence-electron chi connectivity index (χ2n) is 5.58. The summed E-state index contributed by atoms with van der Waals surface area (Å²) in [6, 6.07) is 0.189. The molecule has 2 atom stereocenters. The van der Waals surface area contributed by atoms with Gasteiger partial charge in [-0.25, -0.2) is 0 Å². The highest BCUT2D eigenvalue weighted by Crippen LogP contribution is 2.21. The molecule has 1 aliphatic heterocycles. The number of furan rings is 1. The van der Waals surface area contributed by atoms with Gasteiger partial charge in [-0.2, -0.15) is 0 Å². The number of aryl methyl sites for hydroxylation is 2. The van der Waals surface area contributed by atoms with Crippen LogP contribution in [0.2, 0.25) is 0 Å². The van der Waals surface area contributed by atoms with Gasteiger partial charge in [-0.15, -0.1) is 0 Å². The molecule has 0 radical (unpaired) electrons. The number of hydrogen-bond donors (Lipinski definition) is 2. The van der Waals surface area contributed by atoms with Crippen LogP contribution in [0.4, 0.5) is 0 Å². The van der Waals surface area contributed by atoms with Crippen LogP contribution in [-0.4, -0.2) is 25.0 Å². The molecule has 0 aromatic carbocycles. The molecule has 2 rings (SSSR count). The number of hydrogen-bond acceptors (Lipinski definition) is 3. The SMILES string of the molecule is Cc1oc(C)c(C(=O)NC(C)C2CCCNC2)c1C. The van der Waals surface area contributed by atoms with E-state index in [1.165, 1.54) is 12.8 Å². The molecule has 4 nitrogen and oxygen atoms in total. The third kappa shape index (κ3) is 3.00. The topological polar surface area (TPSA) is 54.3 Å². The molecule has 2 N–H and O–H groups in total.